The van der Waals surface area contributed by atoms with Gasteiger partial charge < -0.3 is 86.0 Å². The van der Waals surface area contributed by atoms with Crippen molar-refractivity contribution in [1.29, 1.82) is 0 Å². The molecule has 7 heterocycles. The highest BCUT2D eigenvalue weighted by atomic mass is 32.5. The number of hydrogen-bond donors (Lipinski definition) is 10. The molecule has 8 rings (SSSR count). The van der Waals surface area contributed by atoms with E-state index in [0.717, 1.165) is 0 Å². The average molecular weight is 1420 g/mol. The Kier molecular flexibility index (Phi) is 26.1. The zero-order valence-corrected chi connectivity index (χ0v) is 56.3. The third-order valence-corrected chi connectivity index (χ3v) is 19.1. The van der Waals surface area contributed by atoms with E-state index in [1.54, 1.807) is 38.1 Å². The minimum Gasteiger partial charge on any atom is -0.481 e. The second-order valence-electron chi connectivity index (χ2n) is 23.7. The maximum Gasteiger partial charge on any atom is 0.409 e. The van der Waals surface area contributed by atoms with Gasteiger partial charge in [0.2, 0.25) is 11.8 Å². The minimum atomic E-state index is -4.45. The van der Waals surface area contributed by atoms with Gasteiger partial charge in [-0.05, 0) is 79.3 Å². The molecular weight excluding hydrogens is 1340 g/mol. The van der Waals surface area contributed by atoms with E-state index in [9.17, 15) is 53.2 Å². The first-order chi connectivity index (χ1) is 45.6. The molecular formula is C57H79N15O20P2S2. The highest BCUT2D eigenvalue weighted by molar-refractivity contribution is 8.07. The Morgan fingerprint density at radius 1 is 0.760 bits per heavy atom. The van der Waals surface area contributed by atoms with Crippen LogP contribution >= 0.6 is 13.4 Å². The van der Waals surface area contributed by atoms with Crippen LogP contribution in [-0.2, 0) is 96.0 Å². The van der Waals surface area contributed by atoms with Crippen LogP contribution in [0.25, 0.3) is 22.3 Å². The fourth-order valence-corrected chi connectivity index (χ4v) is 13.7. The number of rotatable bonds is 30. The lowest BCUT2D eigenvalue weighted by atomic mass is 9.89. The van der Waals surface area contributed by atoms with Gasteiger partial charge in [0, 0.05) is 63.8 Å². The number of ketones is 2. The molecule has 524 valence electrons. The summed E-state index contributed by atoms with van der Waals surface area (Å²) in [7, 11) is 1.45. The number of aliphatic hydroxyl groups excluding tert-OH is 1. The van der Waals surface area contributed by atoms with Gasteiger partial charge in [-0.15, -0.1) is 0 Å². The van der Waals surface area contributed by atoms with Crippen LogP contribution in [0.2, 0.25) is 0 Å². The lowest BCUT2D eigenvalue weighted by Gasteiger charge is -2.29. The zero-order chi connectivity index (χ0) is 69.6. The zero-order valence-electron chi connectivity index (χ0n) is 52.9. The number of primary amides is 1. The number of hydrogen-bond acceptors (Lipinski definition) is 27. The Labute approximate surface area is 560 Å². The summed E-state index contributed by atoms with van der Waals surface area (Å²) >= 11 is 11.0. The molecule has 35 nitrogen and oxygen atoms in total. The Balaban J connectivity index is 0.843. The van der Waals surface area contributed by atoms with Crippen LogP contribution in [0.5, 0.6) is 0 Å². The van der Waals surface area contributed by atoms with Crippen LogP contribution in [0.1, 0.15) is 116 Å². The van der Waals surface area contributed by atoms with Crippen molar-refractivity contribution in [3.63, 3.8) is 0 Å². The molecule has 0 saturated carbocycles. The van der Waals surface area contributed by atoms with Crippen LogP contribution in [0.15, 0.2) is 49.6 Å². The number of nitrogen functional groups attached to an aromatic ring is 2. The van der Waals surface area contributed by atoms with Gasteiger partial charge in [-0.2, -0.15) is 0 Å². The molecule has 3 fully saturated rings. The van der Waals surface area contributed by atoms with E-state index in [1.807, 2.05) is 0 Å². The van der Waals surface area contributed by atoms with Crippen molar-refractivity contribution in [2.75, 3.05) is 50.1 Å². The van der Waals surface area contributed by atoms with Crippen LogP contribution in [0.3, 0.4) is 0 Å². The van der Waals surface area contributed by atoms with Gasteiger partial charge in [0.05, 0.1) is 37.8 Å². The Bertz CT molecular complexity index is 3700. The number of carbonyl (C=O) groups excluding carboxylic acids is 7. The number of ether oxygens (including phenoxy) is 4. The maximum absolute atomic E-state index is 13.9. The molecule has 13 atom stereocenters. The smallest absolute Gasteiger partial charge is 0.409 e. The number of amides is 5. The van der Waals surface area contributed by atoms with E-state index in [1.165, 1.54) is 53.3 Å². The lowest BCUT2D eigenvalue weighted by Crippen LogP contribution is -2.45. The molecule has 5 amide bonds. The van der Waals surface area contributed by atoms with Crippen molar-refractivity contribution >= 4 is 124 Å². The lowest BCUT2D eigenvalue weighted by molar-refractivity contribution is -0.158. The number of fused-ring (bicyclic) bond motifs is 5. The van der Waals surface area contributed by atoms with E-state index in [2.05, 4.69) is 45.9 Å². The molecule has 5 aromatic rings. The van der Waals surface area contributed by atoms with Crippen LogP contribution < -0.4 is 33.2 Å². The quantitative estimate of drug-likeness (QED) is 0.0179. The summed E-state index contributed by atoms with van der Waals surface area (Å²) in [5.74, 6) is -5.08. The Hall–Kier alpha value is -7.38. The highest BCUT2D eigenvalue weighted by Gasteiger charge is 2.54. The molecule has 3 unspecified atom stereocenters. The summed E-state index contributed by atoms with van der Waals surface area (Å²) in [6, 6.07) is 4.75. The number of urea groups is 1. The van der Waals surface area contributed by atoms with Crippen LogP contribution in [0, 0.1) is 17.8 Å². The minimum absolute atomic E-state index is 0.00628. The SMILES string of the molecule is CC(CC(=O)CCCCCCC(=O)N[C@H](C(=O)C[C@@H](CCCNC(N)=O)C(=O)Nc1ccc(COC(=O)N(C)CCCC(=O)O[C@@H]2[C@@H]3OP(O)(=S)OC[C@H]4O[C@@H](n5cnc6c(N)ncnc65)[C@H](OP(O)(=S)OC[C@H]3O[C@H]2n2cnc3c(N)ncnc32)[C@@H]4O)cc1)C(C)C)C(=O)O. The normalized spacial score (nSPS) is 24.5. The van der Waals surface area contributed by atoms with Crippen molar-refractivity contribution in [3.05, 3.63) is 55.1 Å². The van der Waals surface area contributed by atoms with Gasteiger partial charge in [0.25, 0.3) is 0 Å². The van der Waals surface area contributed by atoms with Gasteiger partial charge in [0.15, 0.2) is 47.3 Å². The highest BCUT2D eigenvalue weighted by Crippen LogP contribution is 2.54. The number of carbonyl (C=O) groups is 8. The molecule has 3 saturated heterocycles. The number of aliphatic hydroxyl groups is 1. The average Bonchev–Trinajstić information content (AvgIpc) is 1.61. The number of benzene rings is 1. The van der Waals surface area contributed by atoms with Gasteiger partial charge in [-0.1, -0.05) is 45.7 Å². The number of nitrogens with one attached hydrogen (secondary N) is 3. The molecule has 4 aromatic heterocycles. The number of carboxylic acid groups (broad SMARTS) is 1. The van der Waals surface area contributed by atoms with Crippen LogP contribution in [-0.4, -0.2) is 187 Å². The number of imidazole rings is 2. The monoisotopic (exact) mass is 1420 g/mol. The van der Waals surface area contributed by atoms with Crippen molar-refractivity contribution in [2.24, 2.45) is 23.5 Å². The summed E-state index contributed by atoms with van der Waals surface area (Å²) < 4.78 is 50.6. The molecule has 3 aliphatic heterocycles. The van der Waals surface area contributed by atoms with E-state index in [-0.39, 0.29) is 122 Å². The van der Waals surface area contributed by atoms with Crippen molar-refractivity contribution < 1.29 is 95.4 Å². The summed E-state index contributed by atoms with van der Waals surface area (Å²) in [4.78, 5) is 152. The number of esters is 1. The third kappa shape index (κ3) is 20.1. The van der Waals surface area contributed by atoms with Gasteiger partial charge in [-0.25, -0.2) is 39.5 Å². The molecule has 96 heavy (non-hydrogen) atoms. The number of aromatic nitrogens is 8. The summed E-state index contributed by atoms with van der Waals surface area (Å²) in [6.45, 7) is -5.14. The first-order valence-electron chi connectivity index (χ1n) is 30.8. The number of Topliss-reactive ketones (excluding diaryl/α,β-unsaturated/α-hetero) is 2. The second kappa shape index (κ2) is 33.7. The molecule has 0 radical (unpaired) electrons. The fraction of sp³-hybridized carbons (Fsp3) is 0.579. The Morgan fingerprint density at radius 3 is 1.97 bits per heavy atom. The summed E-state index contributed by atoms with van der Waals surface area (Å²) in [5.41, 5.74) is 18.9. The number of nitrogens with two attached hydrogens (primary N) is 3. The van der Waals surface area contributed by atoms with Crippen molar-refractivity contribution in [1.82, 2.24) is 54.6 Å². The van der Waals surface area contributed by atoms with Gasteiger partial charge in [0.1, 0.15) is 66.6 Å². The van der Waals surface area contributed by atoms with E-state index >= 15 is 0 Å². The van der Waals surface area contributed by atoms with E-state index in [0.29, 0.717) is 43.4 Å². The number of unbranched alkanes of at least 4 members (excludes halogenated alkanes) is 3. The van der Waals surface area contributed by atoms with Crippen LogP contribution in [0.4, 0.5) is 26.9 Å². The molecule has 1 aromatic carbocycles. The first-order valence-corrected chi connectivity index (χ1v) is 36.0. The number of anilines is 3. The largest absolute Gasteiger partial charge is 0.481 e. The second-order valence-corrected chi connectivity index (χ2v) is 29.2. The predicted octanol–water partition coefficient (Wildman–Crippen LogP) is 3.32. The third-order valence-electron chi connectivity index (χ3n) is 16.0. The first kappa shape index (κ1) is 74.4. The Morgan fingerprint density at radius 2 is 1.35 bits per heavy atom. The molecule has 39 heteroatoms. The summed E-state index contributed by atoms with van der Waals surface area (Å²) in [6.07, 6.45) is -4.53. The summed E-state index contributed by atoms with van der Waals surface area (Å²) in [5, 5.41) is 28.7. The molecule has 13 N–H and O–H groups in total. The standard InChI is InChI=1S/C57H79N15O20P2S2/c1-30(2)41(69-39(75)13-8-6-5-7-12-35(73)21-31(3)55(79)80)36(74)22-33(11-9-19-61-56(60)81)52(78)68-34-17-15-32(16-18-34)23-85-57(82)70(4)20-10-14-40(76)90-47-45-38(89-54(47)72-29-67-43-49(59)63-27-65-51(43)72)25-87-94(84,96)92-46-44(77)37(24-86-93(83,95)91-45)88-53(46)71-28-66-42-48(58)62-26-64-50(42)71/h15-18,26-31,33,37-38,41,44-47,53-54,77H,5-14,19-25H2,1-4H3,(H,68,78)(H,69,75)(H,79,80)(H,83,95)(H,84,96)(H2,58,62,64)(H2,59,63,65)(H3,60,61,81)/t31?,33-,37-,38-,41+,44-,45-,46-,47-,53-,54-,93?,94?/m1/s1. The van der Waals surface area contributed by atoms with E-state index < -0.39 is 124 Å². The molecule has 0 aliphatic carbocycles. The topological polar surface area (TPSA) is 496 Å². The molecule has 0 spiro atoms. The number of nitrogens with zero attached hydrogens (tertiary/aromatic N) is 9. The molecule has 3 aliphatic rings. The van der Waals surface area contributed by atoms with Crippen molar-refractivity contribution in [2.45, 2.75) is 160 Å². The van der Waals surface area contributed by atoms with E-state index in [4.69, 9.17) is 83.0 Å². The predicted molar refractivity (Wildman–Crippen MR) is 346 cm³/mol. The van der Waals surface area contributed by atoms with Gasteiger partial charge in [-0.3, -0.25) is 46.9 Å². The van der Waals surface area contributed by atoms with Gasteiger partial charge >= 0.3 is 37.5 Å². The maximum atomic E-state index is 13.9. The number of carboxylic acids is 1. The molecule has 2 bridgehead atoms. The number of aliphatic carboxylic acids is 1. The fourth-order valence-electron chi connectivity index (χ4n) is 10.9. The van der Waals surface area contributed by atoms with Crippen molar-refractivity contribution in [3.8, 4) is 0 Å².